The maximum absolute atomic E-state index is 9.43. The summed E-state index contributed by atoms with van der Waals surface area (Å²) in [5.74, 6) is 0.136. The van der Waals surface area contributed by atoms with Gasteiger partial charge in [-0.05, 0) is 24.3 Å². The van der Waals surface area contributed by atoms with Crippen LogP contribution >= 0.6 is 0 Å². The van der Waals surface area contributed by atoms with Crippen LogP contribution in [0.3, 0.4) is 0 Å². The molecule has 2 aromatic rings. The molecule has 2 rings (SSSR count). The fraction of sp³-hybridized carbons (Fsp3) is 0. The Morgan fingerprint density at radius 1 is 0.800 bits per heavy atom. The fourth-order valence-electron chi connectivity index (χ4n) is 1.15. The summed E-state index contributed by atoms with van der Waals surface area (Å²) in [5.41, 5.74) is 1.24. The average molecular weight is 200 g/mol. The Hall–Kier alpha value is -2.16. The van der Waals surface area contributed by atoms with E-state index in [-0.39, 0.29) is 7.18 Å². The van der Waals surface area contributed by atoms with E-state index in [0.29, 0.717) is 5.69 Å². The molecule has 76 valence electrons. The molecule has 0 fully saturated rings. The van der Waals surface area contributed by atoms with Crippen LogP contribution in [0.25, 0.3) is 0 Å². The van der Waals surface area contributed by atoms with Gasteiger partial charge >= 0.3 is 0 Å². The monoisotopic (exact) mass is 200 g/mol. The van der Waals surface area contributed by atoms with Crippen LogP contribution in [0.2, 0.25) is 0 Å². The van der Waals surface area contributed by atoms with Crippen LogP contribution in [-0.2, 0) is 0 Å². The van der Waals surface area contributed by atoms with Gasteiger partial charge in [0.2, 0.25) is 0 Å². The van der Waals surface area contributed by atoms with Crippen LogP contribution in [0, 0.1) is 0 Å². The molecule has 1 N–H and O–H groups in total. The molecule has 3 nitrogen and oxygen atoms in total. The lowest BCUT2D eigenvalue weighted by Crippen LogP contribution is -1.66. The Bertz CT molecular complexity index is 471. The van der Waals surface area contributed by atoms with Crippen LogP contribution in [0.4, 0.5) is 11.4 Å². The minimum atomic E-state index is 0. The molecule has 3 heteroatoms. The van der Waals surface area contributed by atoms with Gasteiger partial charge in [0.25, 0.3) is 0 Å². The predicted octanol–water partition coefficient (Wildman–Crippen LogP) is 4.05. The van der Waals surface area contributed by atoms with E-state index in [0.717, 1.165) is 5.69 Å². The summed E-state index contributed by atoms with van der Waals surface area (Å²) in [6, 6.07) is 16.2. The topological polar surface area (TPSA) is 45.0 Å². The quantitative estimate of drug-likeness (QED) is 0.730. The van der Waals surface area contributed by atoms with Crippen molar-refractivity contribution >= 4 is 11.4 Å². The van der Waals surface area contributed by atoms with Gasteiger partial charge < -0.3 is 5.11 Å². The van der Waals surface area contributed by atoms with Crippen molar-refractivity contribution < 1.29 is 6.53 Å². The Labute approximate surface area is 89.2 Å². The number of phenols is 1. The summed E-state index contributed by atoms with van der Waals surface area (Å²) in [4.78, 5) is 0. The molecular weight excluding hydrogens is 188 g/mol. The molecule has 2 aromatic carbocycles. The molecule has 0 aromatic heterocycles. The van der Waals surface area contributed by atoms with Crippen molar-refractivity contribution in [1.29, 1.82) is 0 Å². The highest BCUT2D eigenvalue weighted by Crippen LogP contribution is 2.26. The number of rotatable bonds is 2. The lowest BCUT2D eigenvalue weighted by Gasteiger charge is -1.95. The predicted molar refractivity (Wildman–Crippen MR) is 60.8 cm³/mol. The zero-order valence-corrected chi connectivity index (χ0v) is 8.04. The number of phenolic OH excluding ortho intramolecular Hbond substituents is 1. The van der Waals surface area contributed by atoms with Crippen molar-refractivity contribution in [2.45, 2.75) is 0 Å². The maximum atomic E-state index is 9.43. The van der Waals surface area contributed by atoms with Crippen molar-refractivity contribution in [3.63, 3.8) is 0 Å². The van der Waals surface area contributed by atoms with Gasteiger partial charge in [0.05, 0.1) is 5.69 Å². The number of hydrogen-bond donors (Lipinski definition) is 1. The van der Waals surface area contributed by atoms with E-state index < -0.39 is 0 Å². The highest BCUT2D eigenvalue weighted by atomic mass is 16.3. The summed E-state index contributed by atoms with van der Waals surface area (Å²) < 4.78 is 0. The molecule has 0 amide bonds. The third kappa shape index (κ3) is 2.40. The van der Waals surface area contributed by atoms with Crippen LogP contribution in [-0.4, -0.2) is 5.11 Å². The third-order valence-corrected chi connectivity index (χ3v) is 1.91. The molecule has 0 bridgehead atoms. The standard InChI is InChI=1S/C12H10N2O.H2/c15-12-9-5-4-8-11(12)14-13-10-6-2-1-3-7-10;/h1-9,15H;1H. The van der Waals surface area contributed by atoms with Crippen molar-refractivity contribution in [3.8, 4) is 5.75 Å². The minimum absolute atomic E-state index is 0. The Morgan fingerprint density at radius 2 is 1.47 bits per heavy atom. The molecule has 0 radical (unpaired) electrons. The summed E-state index contributed by atoms with van der Waals surface area (Å²) >= 11 is 0. The molecule has 0 aliphatic rings. The number of benzene rings is 2. The lowest BCUT2D eigenvalue weighted by molar-refractivity contribution is 0.476. The highest BCUT2D eigenvalue weighted by Gasteiger charge is 1.95. The molecule has 0 atom stereocenters. The largest absolute Gasteiger partial charge is 0.506 e. The summed E-state index contributed by atoms with van der Waals surface area (Å²) in [6.45, 7) is 0. The number of azo groups is 1. The molecule has 0 spiro atoms. The number of aromatic hydroxyl groups is 1. The van der Waals surface area contributed by atoms with Gasteiger partial charge in [0, 0.05) is 1.43 Å². The van der Waals surface area contributed by atoms with Crippen LogP contribution in [0.5, 0.6) is 5.75 Å². The van der Waals surface area contributed by atoms with Crippen molar-refractivity contribution in [3.05, 3.63) is 54.6 Å². The second-order valence-electron chi connectivity index (χ2n) is 3.02. The number of nitrogens with zero attached hydrogens (tertiary/aromatic N) is 2. The van der Waals surface area contributed by atoms with Crippen LogP contribution < -0.4 is 0 Å². The summed E-state index contributed by atoms with van der Waals surface area (Å²) in [7, 11) is 0. The second kappa shape index (κ2) is 4.37. The third-order valence-electron chi connectivity index (χ3n) is 1.91. The molecule has 0 heterocycles. The van der Waals surface area contributed by atoms with Crippen LogP contribution in [0.15, 0.2) is 64.8 Å². The average Bonchev–Trinajstić information content (AvgIpc) is 2.29. The molecular formula is C12H12N2O. The first-order chi connectivity index (χ1) is 7.36. The van der Waals surface area contributed by atoms with Crippen molar-refractivity contribution in [2.75, 3.05) is 0 Å². The Kier molecular flexibility index (Phi) is 2.74. The second-order valence-corrected chi connectivity index (χ2v) is 3.02. The van der Waals surface area contributed by atoms with E-state index in [1.165, 1.54) is 0 Å². The van der Waals surface area contributed by atoms with Gasteiger partial charge in [-0.2, -0.15) is 5.11 Å². The molecule has 0 saturated heterocycles. The summed E-state index contributed by atoms with van der Waals surface area (Å²) in [5, 5.41) is 17.4. The normalized spacial score (nSPS) is 10.7. The molecule has 15 heavy (non-hydrogen) atoms. The molecule has 0 aliphatic heterocycles. The maximum Gasteiger partial charge on any atom is 0.143 e. The number of para-hydroxylation sites is 1. The first kappa shape index (κ1) is 9.40. The number of hydrogen-bond acceptors (Lipinski definition) is 3. The molecule has 0 saturated carbocycles. The molecule has 0 unspecified atom stereocenters. The molecule has 0 aliphatic carbocycles. The van der Waals surface area contributed by atoms with Crippen LogP contribution in [0.1, 0.15) is 1.43 Å². The summed E-state index contributed by atoms with van der Waals surface area (Å²) in [6.07, 6.45) is 0. The zero-order valence-electron chi connectivity index (χ0n) is 8.04. The van der Waals surface area contributed by atoms with Gasteiger partial charge in [-0.1, -0.05) is 30.3 Å². The van der Waals surface area contributed by atoms with E-state index in [1.807, 2.05) is 30.3 Å². The Balaban J connectivity index is 0.00000128. The van der Waals surface area contributed by atoms with Crippen molar-refractivity contribution in [2.24, 2.45) is 10.2 Å². The van der Waals surface area contributed by atoms with E-state index in [1.54, 1.807) is 24.3 Å². The first-order valence-electron chi connectivity index (χ1n) is 4.61. The van der Waals surface area contributed by atoms with Gasteiger partial charge in [0.15, 0.2) is 0 Å². The smallest absolute Gasteiger partial charge is 0.143 e. The zero-order chi connectivity index (χ0) is 10.5. The minimum Gasteiger partial charge on any atom is -0.506 e. The Morgan fingerprint density at radius 3 is 2.20 bits per heavy atom. The first-order valence-corrected chi connectivity index (χ1v) is 4.61. The van der Waals surface area contributed by atoms with E-state index in [4.69, 9.17) is 0 Å². The van der Waals surface area contributed by atoms with Gasteiger partial charge in [0.1, 0.15) is 11.4 Å². The van der Waals surface area contributed by atoms with E-state index in [9.17, 15) is 5.11 Å². The van der Waals surface area contributed by atoms with E-state index >= 15 is 0 Å². The van der Waals surface area contributed by atoms with Crippen molar-refractivity contribution in [1.82, 2.24) is 0 Å². The SMILES string of the molecule is Oc1ccccc1N=Nc1ccccc1.[HH]. The lowest BCUT2D eigenvalue weighted by atomic mass is 10.3. The van der Waals surface area contributed by atoms with Gasteiger partial charge in [-0.15, -0.1) is 5.11 Å². The van der Waals surface area contributed by atoms with Gasteiger partial charge in [-0.3, -0.25) is 0 Å². The van der Waals surface area contributed by atoms with E-state index in [2.05, 4.69) is 10.2 Å². The highest BCUT2D eigenvalue weighted by molar-refractivity contribution is 5.50. The van der Waals surface area contributed by atoms with Gasteiger partial charge in [-0.25, -0.2) is 0 Å². The fourth-order valence-corrected chi connectivity index (χ4v) is 1.15.